The van der Waals surface area contributed by atoms with E-state index in [2.05, 4.69) is 4.98 Å². The van der Waals surface area contributed by atoms with Crippen LogP contribution in [-0.4, -0.2) is 11.6 Å². The van der Waals surface area contributed by atoms with Gasteiger partial charge in [-0.05, 0) is 31.0 Å². The molecule has 0 saturated heterocycles. The predicted octanol–water partition coefficient (Wildman–Crippen LogP) is 3.82. The maximum Gasteiger partial charge on any atom is 0.221 e. The van der Waals surface area contributed by atoms with Gasteiger partial charge in [-0.2, -0.15) is 0 Å². The SMILES string of the molecule is CCOc1ncc(Cl)cc1-c1ccc([C@@H](C)N)cc1. The molecule has 1 heterocycles. The zero-order valence-corrected chi connectivity index (χ0v) is 11.8. The lowest BCUT2D eigenvalue weighted by Gasteiger charge is -2.11. The molecular weight excluding hydrogens is 260 g/mol. The van der Waals surface area contributed by atoms with E-state index >= 15 is 0 Å². The molecule has 0 fully saturated rings. The lowest BCUT2D eigenvalue weighted by atomic mass is 10.0. The summed E-state index contributed by atoms with van der Waals surface area (Å²) in [6, 6.07) is 9.93. The van der Waals surface area contributed by atoms with Gasteiger partial charge in [-0.3, -0.25) is 0 Å². The molecule has 0 saturated carbocycles. The fourth-order valence-electron chi connectivity index (χ4n) is 1.85. The number of aromatic nitrogens is 1. The minimum atomic E-state index is 0.0258. The van der Waals surface area contributed by atoms with Crippen molar-refractivity contribution in [2.45, 2.75) is 19.9 Å². The van der Waals surface area contributed by atoms with Gasteiger partial charge in [0.1, 0.15) is 0 Å². The molecule has 0 radical (unpaired) electrons. The molecule has 100 valence electrons. The Bertz CT molecular complexity index is 553. The molecule has 19 heavy (non-hydrogen) atoms. The molecule has 0 aliphatic heterocycles. The zero-order chi connectivity index (χ0) is 13.8. The summed E-state index contributed by atoms with van der Waals surface area (Å²) in [7, 11) is 0. The van der Waals surface area contributed by atoms with Crippen LogP contribution in [0.5, 0.6) is 5.88 Å². The van der Waals surface area contributed by atoms with Crippen molar-refractivity contribution in [1.82, 2.24) is 4.98 Å². The van der Waals surface area contributed by atoms with Crippen LogP contribution in [0.2, 0.25) is 5.02 Å². The zero-order valence-electron chi connectivity index (χ0n) is 11.1. The van der Waals surface area contributed by atoms with Crippen LogP contribution >= 0.6 is 11.6 Å². The molecule has 1 atom stereocenters. The van der Waals surface area contributed by atoms with E-state index in [1.165, 1.54) is 0 Å². The van der Waals surface area contributed by atoms with Gasteiger partial charge in [0, 0.05) is 17.8 Å². The van der Waals surface area contributed by atoms with Gasteiger partial charge in [-0.1, -0.05) is 35.9 Å². The van der Waals surface area contributed by atoms with E-state index < -0.39 is 0 Å². The highest BCUT2D eigenvalue weighted by molar-refractivity contribution is 6.30. The molecular formula is C15H17ClN2O. The Morgan fingerprint density at radius 2 is 2.00 bits per heavy atom. The number of benzene rings is 1. The smallest absolute Gasteiger partial charge is 0.221 e. The van der Waals surface area contributed by atoms with Crippen LogP contribution in [0.3, 0.4) is 0 Å². The summed E-state index contributed by atoms with van der Waals surface area (Å²) in [5.74, 6) is 0.598. The van der Waals surface area contributed by atoms with E-state index in [0.29, 0.717) is 17.5 Å². The molecule has 2 N–H and O–H groups in total. The second-order valence-corrected chi connectivity index (χ2v) is 4.79. The highest BCUT2D eigenvalue weighted by Crippen LogP contribution is 2.31. The molecule has 1 aromatic heterocycles. The van der Waals surface area contributed by atoms with E-state index in [1.54, 1.807) is 6.20 Å². The van der Waals surface area contributed by atoms with Crippen LogP contribution in [-0.2, 0) is 0 Å². The number of hydrogen-bond acceptors (Lipinski definition) is 3. The molecule has 0 spiro atoms. The second-order valence-electron chi connectivity index (χ2n) is 4.35. The Balaban J connectivity index is 2.42. The molecule has 0 amide bonds. The Labute approximate surface area is 118 Å². The normalized spacial score (nSPS) is 12.2. The Morgan fingerprint density at radius 3 is 2.58 bits per heavy atom. The molecule has 3 nitrogen and oxygen atoms in total. The monoisotopic (exact) mass is 276 g/mol. The van der Waals surface area contributed by atoms with Crippen LogP contribution in [0, 0.1) is 0 Å². The minimum Gasteiger partial charge on any atom is -0.478 e. The third kappa shape index (κ3) is 3.25. The summed E-state index contributed by atoms with van der Waals surface area (Å²) in [6.07, 6.45) is 1.59. The van der Waals surface area contributed by atoms with E-state index in [1.807, 2.05) is 44.2 Å². The van der Waals surface area contributed by atoms with Crippen LogP contribution in [0.4, 0.5) is 0 Å². The molecule has 2 aromatic rings. The van der Waals surface area contributed by atoms with Crippen LogP contribution in [0.25, 0.3) is 11.1 Å². The number of nitrogens with zero attached hydrogens (tertiary/aromatic N) is 1. The average molecular weight is 277 g/mol. The third-order valence-corrected chi connectivity index (χ3v) is 3.05. The Morgan fingerprint density at radius 1 is 1.32 bits per heavy atom. The number of ether oxygens (including phenoxy) is 1. The fourth-order valence-corrected chi connectivity index (χ4v) is 2.01. The van der Waals surface area contributed by atoms with Crippen LogP contribution in [0.1, 0.15) is 25.5 Å². The van der Waals surface area contributed by atoms with Crippen molar-refractivity contribution < 1.29 is 4.74 Å². The van der Waals surface area contributed by atoms with Crippen molar-refractivity contribution in [2.75, 3.05) is 6.61 Å². The van der Waals surface area contributed by atoms with Crippen molar-refractivity contribution in [3.05, 3.63) is 47.1 Å². The number of nitrogens with two attached hydrogens (primary N) is 1. The number of hydrogen-bond donors (Lipinski definition) is 1. The first-order valence-electron chi connectivity index (χ1n) is 6.26. The Hall–Kier alpha value is -1.58. The standard InChI is InChI=1S/C15H17ClN2O/c1-3-19-15-14(8-13(16)9-18-15)12-6-4-11(5-7-12)10(2)17/h4-10H,3,17H2,1-2H3/t10-/m1/s1. The summed E-state index contributed by atoms with van der Waals surface area (Å²) >= 11 is 6.01. The molecule has 0 bridgehead atoms. The summed E-state index contributed by atoms with van der Waals surface area (Å²) < 4.78 is 5.53. The van der Waals surface area contributed by atoms with E-state index in [9.17, 15) is 0 Å². The van der Waals surface area contributed by atoms with Crippen molar-refractivity contribution in [1.29, 1.82) is 0 Å². The molecule has 1 aromatic carbocycles. The topological polar surface area (TPSA) is 48.1 Å². The van der Waals surface area contributed by atoms with Crippen molar-refractivity contribution in [2.24, 2.45) is 5.73 Å². The van der Waals surface area contributed by atoms with Gasteiger partial charge < -0.3 is 10.5 Å². The highest BCUT2D eigenvalue weighted by Gasteiger charge is 2.09. The predicted molar refractivity (Wildman–Crippen MR) is 78.5 cm³/mol. The van der Waals surface area contributed by atoms with E-state index in [4.69, 9.17) is 22.1 Å². The third-order valence-electron chi connectivity index (χ3n) is 2.85. The van der Waals surface area contributed by atoms with Gasteiger partial charge in [0.15, 0.2) is 0 Å². The largest absolute Gasteiger partial charge is 0.478 e. The van der Waals surface area contributed by atoms with Gasteiger partial charge in [0.05, 0.1) is 11.6 Å². The number of halogens is 1. The van der Waals surface area contributed by atoms with Crippen molar-refractivity contribution in [3.8, 4) is 17.0 Å². The molecule has 4 heteroatoms. The van der Waals surface area contributed by atoms with Crippen LogP contribution < -0.4 is 10.5 Å². The average Bonchev–Trinajstić information content (AvgIpc) is 2.41. The summed E-state index contributed by atoms with van der Waals surface area (Å²) in [5.41, 5.74) is 8.85. The van der Waals surface area contributed by atoms with Gasteiger partial charge in [-0.15, -0.1) is 0 Å². The first-order valence-corrected chi connectivity index (χ1v) is 6.64. The highest BCUT2D eigenvalue weighted by atomic mass is 35.5. The maximum atomic E-state index is 6.01. The van der Waals surface area contributed by atoms with Crippen molar-refractivity contribution in [3.63, 3.8) is 0 Å². The van der Waals surface area contributed by atoms with E-state index in [-0.39, 0.29) is 6.04 Å². The summed E-state index contributed by atoms with van der Waals surface area (Å²) in [5, 5.41) is 0.592. The lowest BCUT2D eigenvalue weighted by molar-refractivity contribution is 0.328. The molecule has 0 unspecified atom stereocenters. The molecule has 0 aliphatic rings. The van der Waals surface area contributed by atoms with E-state index in [0.717, 1.165) is 16.7 Å². The van der Waals surface area contributed by atoms with Gasteiger partial charge in [0.25, 0.3) is 0 Å². The van der Waals surface area contributed by atoms with Crippen molar-refractivity contribution >= 4 is 11.6 Å². The lowest BCUT2D eigenvalue weighted by Crippen LogP contribution is -2.04. The molecule has 0 aliphatic carbocycles. The van der Waals surface area contributed by atoms with Crippen LogP contribution in [0.15, 0.2) is 36.5 Å². The second kappa shape index (κ2) is 6.04. The number of pyridine rings is 1. The first-order chi connectivity index (χ1) is 9.11. The van der Waals surface area contributed by atoms with Gasteiger partial charge in [0.2, 0.25) is 5.88 Å². The fraction of sp³-hybridized carbons (Fsp3) is 0.267. The maximum absolute atomic E-state index is 6.01. The van der Waals surface area contributed by atoms with Gasteiger partial charge in [-0.25, -0.2) is 4.98 Å². The minimum absolute atomic E-state index is 0.0258. The first kappa shape index (κ1) is 13.8. The van der Waals surface area contributed by atoms with Gasteiger partial charge >= 0.3 is 0 Å². The Kier molecular flexibility index (Phi) is 4.40. The summed E-state index contributed by atoms with van der Waals surface area (Å²) in [4.78, 5) is 4.22. The quantitative estimate of drug-likeness (QED) is 0.923. The number of rotatable bonds is 4. The molecule has 2 rings (SSSR count). The summed E-state index contributed by atoms with van der Waals surface area (Å²) in [6.45, 7) is 4.46.